The molecule has 0 saturated carbocycles. The maximum absolute atomic E-state index is 12.0. The van der Waals surface area contributed by atoms with E-state index in [1.165, 1.54) is 25.1 Å². The molecule has 3 N–H and O–H groups in total. The number of hydrogen-bond acceptors (Lipinski definition) is 4. The van der Waals surface area contributed by atoms with Crippen molar-refractivity contribution in [3.8, 4) is 5.75 Å². The van der Waals surface area contributed by atoms with Crippen molar-refractivity contribution in [3.63, 3.8) is 0 Å². The van der Waals surface area contributed by atoms with Crippen LogP contribution in [-0.4, -0.2) is 40.2 Å². The van der Waals surface area contributed by atoms with E-state index >= 15 is 0 Å². The van der Waals surface area contributed by atoms with E-state index in [1.807, 2.05) is 0 Å². The van der Waals surface area contributed by atoms with Crippen molar-refractivity contribution in [2.75, 3.05) is 0 Å². The molecule has 7 nitrogen and oxygen atoms in total. The molecule has 0 spiro atoms. The second kappa shape index (κ2) is 8.59. The van der Waals surface area contributed by atoms with Crippen LogP contribution in [0.4, 0.5) is 0 Å². The van der Waals surface area contributed by atoms with Crippen LogP contribution in [0.15, 0.2) is 18.2 Å². The van der Waals surface area contributed by atoms with E-state index in [0.29, 0.717) is 5.02 Å². The van der Waals surface area contributed by atoms with Crippen LogP contribution in [0.2, 0.25) is 10.0 Å². The number of benzene rings is 1. The summed E-state index contributed by atoms with van der Waals surface area (Å²) in [5.41, 5.74) is 0. The highest BCUT2D eigenvalue weighted by molar-refractivity contribution is 6.35. The fourth-order valence-corrected chi connectivity index (χ4v) is 2.08. The summed E-state index contributed by atoms with van der Waals surface area (Å²) in [5.74, 6) is -2.95. The molecule has 9 heteroatoms. The summed E-state index contributed by atoms with van der Waals surface area (Å²) in [4.78, 5) is 33.5. The van der Waals surface area contributed by atoms with Gasteiger partial charge in [0.05, 0.1) is 5.02 Å². The minimum atomic E-state index is -1.32. The van der Waals surface area contributed by atoms with Crippen LogP contribution in [0.25, 0.3) is 0 Å². The molecule has 0 aliphatic rings. The van der Waals surface area contributed by atoms with Crippen molar-refractivity contribution >= 4 is 41.0 Å². The van der Waals surface area contributed by atoms with E-state index in [4.69, 9.17) is 38.2 Å². The first-order valence-corrected chi connectivity index (χ1v) is 7.33. The van der Waals surface area contributed by atoms with Crippen LogP contribution in [-0.2, 0) is 14.4 Å². The molecule has 0 aliphatic heterocycles. The van der Waals surface area contributed by atoms with Crippen molar-refractivity contribution in [2.24, 2.45) is 0 Å². The highest BCUT2D eigenvalue weighted by Gasteiger charge is 2.24. The highest BCUT2D eigenvalue weighted by atomic mass is 35.5. The standard InChI is InChI=1S/C14H15Cl2NO6/c1-7(23-11-4-2-8(15)6-9(11)16)13(20)17-10(14(21)22)3-5-12(18)19/h2,4,6-7,10H,3,5H2,1H3,(H,17,20)(H,18,19)(H,21,22). The van der Waals surface area contributed by atoms with Crippen molar-refractivity contribution in [1.29, 1.82) is 0 Å². The van der Waals surface area contributed by atoms with Gasteiger partial charge in [-0.25, -0.2) is 4.79 Å². The van der Waals surface area contributed by atoms with E-state index < -0.39 is 30.0 Å². The average molecular weight is 364 g/mol. The van der Waals surface area contributed by atoms with Gasteiger partial charge in [-0.3, -0.25) is 9.59 Å². The number of carboxylic acid groups (broad SMARTS) is 2. The van der Waals surface area contributed by atoms with Crippen LogP contribution in [0.3, 0.4) is 0 Å². The first-order chi connectivity index (χ1) is 10.7. The largest absolute Gasteiger partial charge is 0.481 e. The maximum Gasteiger partial charge on any atom is 0.326 e. The second-order valence-electron chi connectivity index (χ2n) is 4.67. The Hall–Kier alpha value is -1.99. The number of amides is 1. The predicted molar refractivity (Wildman–Crippen MR) is 83.0 cm³/mol. The number of nitrogens with one attached hydrogen (secondary N) is 1. The Morgan fingerprint density at radius 3 is 2.43 bits per heavy atom. The van der Waals surface area contributed by atoms with Crippen LogP contribution < -0.4 is 10.1 Å². The van der Waals surface area contributed by atoms with Crippen molar-refractivity contribution in [2.45, 2.75) is 31.9 Å². The van der Waals surface area contributed by atoms with E-state index in [0.717, 1.165) is 0 Å². The lowest BCUT2D eigenvalue weighted by molar-refractivity contribution is -0.144. The number of carboxylic acids is 2. The molecule has 126 valence electrons. The molecule has 0 heterocycles. The van der Waals surface area contributed by atoms with Gasteiger partial charge in [0.25, 0.3) is 5.91 Å². The molecule has 1 aromatic carbocycles. The van der Waals surface area contributed by atoms with Gasteiger partial charge in [0.1, 0.15) is 11.8 Å². The van der Waals surface area contributed by atoms with Crippen LogP contribution >= 0.6 is 23.2 Å². The van der Waals surface area contributed by atoms with Gasteiger partial charge >= 0.3 is 11.9 Å². The first-order valence-electron chi connectivity index (χ1n) is 6.57. The molecule has 23 heavy (non-hydrogen) atoms. The molecule has 0 radical (unpaired) electrons. The lowest BCUT2D eigenvalue weighted by Gasteiger charge is -2.19. The Kier molecular flexibility index (Phi) is 7.12. The normalized spacial score (nSPS) is 13.0. The molecule has 0 bridgehead atoms. The van der Waals surface area contributed by atoms with Crippen molar-refractivity contribution < 1.29 is 29.3 Å². The molecular weight excluding hydrogens is 349 g/mol. The molecule has 0 fully saturated rings. The van der Waals surface area contributed by atoms with Crippen LogP contribution in [0.1, 0.15) is 19.8 Å². The molecule has 0 saturated heterocycles. The Morgan fingerprint density at radius 2 is 1.91 bits per heavy atom. The summed E-state index contributed by atoms with van der Waals surface area (Å²) in [6, 6.07) is 3.13. The summed E-state index contributed by atoms with van der Waals surface area (Å²) in [6.45, 7) is 1.41. The van der Waals surface area contributed by atoms with Gasteiger partial charge < -0.3 is 20.3 Å². The number of hydrogen-bond donors (Lipinski definition) is 3. The second-order valence-corrected chi connectivity index (χ2v) is 5.51. The Bertz CT molecular complexity index is 607. The molecule has 1 rings (SSSR count). The van der Waals surface area contributed by atoms with Crippen LogP contribution in [0, 0.1) is 0 Å². The summed E-state index contributed by atoms with van der Waals surface area (Å²) in [6.07, 6.45) is -1.64. The number of ether oxygens (including phenoxy) is 1. The zero-order chi connectivity index (χ0) is 17.6. The number of carbonyl (C=O) groups is 3. The zero-order valence-corrected chi connectivity index (χ0v) is 13.6. The van der Waals surface area contributed by atoms with Gasteiger partial charge in [-0.2, -0.15) is 0 Å². The summed E-state index contributed by atoms with van der Waals surface area (Å²) < 4.78 is 5.36. The van der Waals surface area contributed by atoms with Gasteiger partial charge in [-0.05, 0) is 31.5 Å². The third kappa shape index (κ3) is 6.33. The third-order valence-electron chi connectivity index (χ3n) is 2.83. The van der Waals surface area contributed by atoms with Crippen LogP contribution in [0.5, 0.6) is 5.75 Å². The molecular formula is C14H15Cl2NO6. The molecule has 0 aliphatic carbocycles. The summed E-state index contributed by atoms with van der Waals surface area (Å²) in [5, 5.41) is 20.4. The molecule has 1 aromatic rings. The Balaban J connectivity index is 2.67. The molecule has 2 unspecified atom stereocenters. The highest BCUT2D eigenvalue weighted by Crippen LogP contribution is 2.28. The van der Waals surface area contributed by atoms with Crippen molar-refractivity contribution in [3.05, 3.63) is 28.2 Å². The number of halogens is 2. The molecule has 1 amide bonds. The van der Waals surface area contributed by atoms with Gasteiger partial charge in [-0.1, -0.05) is 23.2 Å². The monoisotopic (exact) mass is 363 g/mol. The molecule has 0 aromatic heterocycles. The number of rotatable bonds is 8. The third-order valence-corrected chi connectivity index (χ3v) is 3.36. The maximum atomic E-state index is 12.0. The lowest BCUT2D eigenvalue weighted by atomic mass is 10.1. The van der Waals surface area contributed by atoms with Gasteiger partial charge in [0.2, 0.25) is 0 Å². The average Bonchev–Trinajstić information content (AvgIpc) is 2.45. The first kappa shape index (κ1) is 19.1. The quantitative estimate of drug-likeness (QED) is 0.652. The SMILES string of the molecule is CC(Oc1ccc(Cl)cc1Cl)C(=O)NC(CCC(=O)O)C(=O)O. The van der Waals surface area contributed by atoms with Gasteiger partial charge in [0.15, 0.2) is 6.10 Å². The minimum Gasteiger partial charge on any atom is -0.481 e. The number of carbonyl (C=O) groups excluding carboxylic acids is 1. The minimum absolute atomic E-state index is 0.206. The predicted octanol–water partition coefficient (Wildman–Crippen LogP) is 2.19. The topological polar surface area (TPSA) is 113 Å². The van der Waals surface area contributed by atoms with E-state index in [2.05, 4.69) is 5.32 Å². The molecule has 2 atom stereocenters. The smallest absolute Gasteiger partial charge is 0.326 e. The zero-order valence-electron chi connectivity index (χ0n) is 12.1. The fourth-order valence-electron chi connectivity index (χ4n) is 1.63. The van der Waals surface area contributed by atoms with E-state index in [-0.39, 0.29) is 23.6 Å². The Morgan fingerprint density at radius 1 is 1.26 bits per heavy atom. The van der Waals surface area contributed by atoms with E-state index in [1.54, 1.807) is 0 Å². The van der Waals surface area contributed by atoms with Crippen molar-refractivity contribution in [1.82, 2.24) is 5.32 Å². The van der Waals surface area contributed by atoms with E-state index in [9.17, 15) is 14.4 Å². The summed E-state index contributed by atoms with van der Waals surface area (Å²) >= 11 is 11.7. The summed E-state index contributed by atoms with van der Waals surface area (Å²) in [7, 11) is 0. The van der Waals surface area contributed by atoms with Gasteiger partial charge in [0, 0.05) is 11.4 Å². The lowest BCUT2D eigenvalue weighted by Crippen LogP contribution is -2.46. The van der Waals surface area contributed by atoms with Gasteiger partial charge in [-0.15, -0.1) is 0 Å². The number of aliphatic carboxylic acids is 2. The Labute approximate surface area is 142 Å². The fraction of sp³-hybridized carbons (Fsp3) is 0.357.